The van der Waals surface area contributed by atoms with E-state index in [9.17, 15) is 0 Å². The smallest absolute Gasteiger partial charge is 0.128 e. The van der Waals surface area contributed by atoms with Gasteiger partial charge in [-0.1, -0.05) is 0 Å². The lowest BCUT2D eigenvalue weighted by molar-refractivity contribution is 0.0479. The van der Waals surface area contributed by atoms with E-state index in [4.69, 9.17) is 5.11 Å². The highest BCUT2D eigenvalue weighted by atomic mass is 16.5. The summed E-state index contributed by atoms with van der Waals surface area (Å²) in [6.45, 7) is 0.344. The van der Waals surface area contributed by atoms with Gasteiger partial charge in [0, 0.05) is 7.11 Å². The van der Waals surface area contributed by atoms with Gasteiger partial charge < -0.3 is 9.84 Å². The predicted molar refractivity (Wildman–Crippen MR) is 26.9 cm³/mol. The summed E-state index contributed by atoms with van der Waals surface area (Å²) in [5.41, 5.74) is 0. The van der Waals surface area contributed by atoms with Gasteiger partial charge in [0.2, 0.25) is 0 Å². The zero-order valence-electron chi connectivity index (χ0n) is 4.64. The van der Waals surface area contributed by atoms with Crippen LogP contribution in [0.5, 0.6) is 0 Å². The highest BCUT2D eigenvalue weighted by molar-refractivity contribution is 4.41. The molecule has 44 valence electrons. The lowest BCUT2D eigenvalue weighted by Gasteiger charge is -2.04. The fraction of sp³-hybridized carbons (Fsp3) is 1.00. The number of aliphatic hydroxyl groups excluding tert-OH is 1. The van der Waals surface area contributed by atoms with E-state index < -0.39 is 6.23 Å². The molecule has 0 aliphatic carbocycles. The lowest BCUT2D eigenvalue weighted by atomic mass is 10.6. The van der Waals surface area contributed by atoms with Crippen molar-refractivity contribution in [3.63, 3.8) is 0 Å². The molecule has 0 rings (SSSR count). The van der Waals surface area contributed by atoms with Crippen molar-refractivity contribution in [2.24, 2.45) is 0 Å². The molecule has 0 saturated heterocycles. The minimum absolute atomic E-state index is 0.344. The highest BCUT2D eigenvalue weighted by Gasteiger charge is 1.93. The molecule has 3 nitrogen and oxygen atoms in total. The Bertz CT molecular complexity index is 40.7. The molecule has 0 fully saturated rings. The van der Waals surface area contributed by atoms with E-state index >= 15 is 0 Å². The SMILES string of the molecule is CNC(O)COC. The van der Waals surface area contributed by atoms with Gasteiger partial charge in [0.15, 0.2) is 0 Å². The number of rotatable bonds is 3. The standard InChI is InChI=1S/C4H11NO2/c1-5-4(6)3-7-2/h4-6H,3H2,1-2H3. The topological polar surface area (TPSA) is 41.5 Å². The summed E-state index contributed by atoms with van der Waals surface area (Å²) >= 11 is 0. The number of ether oxygens (including phenoxy) is 1. The molecule has 0 heterocycles. The van der Waals surface area contributed by atoms with E-state index in [0.29, 0.717) is 6.61 Å². The maximum Gasteiger partial charge on any atom is 0.128 e. The van der Waals surface area contributed by atoms with Crippen molar-refractivity contribution in [1.29, 1.82) is 0 Å². The van der Waals surface area contributed by atoms with Gasteiger partial charge in [-0.15, -0.1) is 0 Å². The van der Waals surface area contributed by atoms with Crippen molar-refractivity contribution in [2.45, 2.75) is 6.23 Å². The van der Waals surface area contributed by atoms with Crippen LogP contribution in [0.3, 0.4) is 0 Å². The molecule has 0 aromatic carbocycles. The molecule has 0 aliphatic heterocycles. The number of hydrogen-bond donors (Lipinski definition) is 2. The van der Waals surface area contributed by atoms with Crippen LogP contribution >= 0.6 is 0 Å². The van der Waals surface area contributed by atoms with Crippen molar-refractivity contribution >= 4 is 0 Å². The summed E-state index contributed by atoms with van der Waals surface area (Å²) in [4.78, 5) is 0. The summed E-state index contributed by atoms with van der Waals surface area (Å²) < 4.78 is 4.58. The molecule has 3 heteroatoms. The summed E-state index contributed by atoms with van der Waals surface area (Å²) in [5.74, 6) is 0. The van der Waals surface area contributed by atoms with Crippen LogP contribution < -0.4 is 5.32 Å². The minimum atomic E-state index is -0.523. The summed E-state index contributed by atoms with van der Waals surface area (Å²) in [5, 5.41) is 11.2. The average molecular weight is 105 g/mol. The molecule has 0 bridgehead atoms. The first-order valence-electron chi connectivity index (χ1n) is 2.15. The second-order valence-electron chi connectivity index (χ2n) is 1.26. The van der Waals surface area contributed by atoms with Crippen molar-refractivity contribution in [3.8, 4) is 0 Å². The molecule has 7 heavy (non-hydrogen) atoms. The largest absolute Gasteiger partial charge is 0.381 e. The van der Waals surface area contributed by atoms with E-state index in [0.717, 1.165) is 0 Å². The third-order valence-electron chi connectivity index (χ3n) is 0.658. The van der Waals surface area contributed by atoms with E-state index in [-0.39, 0.29) is 0 Å². The van der Waals surface area contributed by atoms with Crippen LogP contribution in [0.2, 0.25) is 0 Å². The first kappa shape index (κ1) is 6.88. The Morgan fingerprint density at radius 1 is 1.86 bits per heavy atom. The summed E-state index contributed by atoms with van der Waals surface area (Å²) in [7, 11) is 3.21. The quantitative estimate of drug-likeness (QED) is 0.460. The van der Waals surface area contributed by atoms with Crippen molar-refractivity contribution in [1.82, 2.24) is 5.32 Å². The number of aliphatic hydroxyl groups is 1. The number of nitrogens with one attached hydrogen (secondary N) is 1. The minimum Gasteiger partial charge on any atom is -0.381 e. The molecule has 2 N–H and O–H groups in total. The van der Waals surface area contributed by atoms with Crippen LogP contribution in [0, 0.1) is 0 Å². The van der Waals surface area contributed by atoms with Gasteiger partial charge in [-0.3, -0.25) is 5.32 Å². The van der Waals surface area contributed by atoms with Gasteiger partial charge >= 0.3 is 0 Å². The van der Waals surface area contributed by atoms with Gasteiger partial charge in [0.25, 0.3) is 0 Å². The number of likely N-dealkylation sites (N-methyl/N-ethyl adjacent to an activating group) is 1. The summed E-state index contributed by atoms with van der Waals surface area (Å²) in [6, 6.07) is 0. The Morgan fingerprint density at radius 2 is 2.43 bits per heavy atom. The molecular weight excluding hydrogens is 94.0 g/mol. The van der Waals surface area contributed by atoms with Gasteiger partial charge in [-0.05, 0) is 7.05 Å². The first-order valence-corrected chi connectivity index (χ1v) is 2.15. The second kappa shape index (κ2) is 4.05. The van der Waals surface area contributed by atoms with Crippen LogP contribution in [-0.2, 0) is 4.74 Å². The lowest BCUT2D eigenvalue weighted by Crippen LogP contribution is -2.28. The monoisotopic (exact) mass is 105 g/mol. The molecule has 0 radical (unpaired) electrons. The maximum atomic E-state index is 8.62. The Balaban J connectivity index is 2.83. The average Bonchev–Trinajstić information content (AvgIpc) is 1.68. The molecule has 0 amide bonds. The molecule has 0 aromatic heterocycles. The molecule has 0 spiro atoms. The van der Waals surface area contributed by atoms with Crippen molar-refractivity contribution in [3.05, 3.63) is 0 Å². The van der Waals surface area contributed by atoms with Crippen molar-refractivity contribution < 1.29 is 9.84 Å². The zero-order valence-corrected chi connectivity index (χ0v) is 4.64. The van der Waals surface area contributed by atoms with Gasteiger partial charge in [0.1, 0.15) is 6.23 Å². The molecule has 0 aromatic rings. The third kappa shape index (κ3) is 3.72. The summed E-state index contributed by atoms with van der Waals surface area (Å²) in [6.07, 6.45) is -0.523. The van der Waals surface area contributed by atoms with Gasteiger partial charge in [-0.2, -0.15) is 0 Å². The fourth-order valence-electron chi connectivity index (χ4n) is 0.241. The first-order chi connectivity index (χ1) is 3.31. The maximum absolute atomic E-state index is 8.62. The Kier molecular flexibility index (Phi) is 3.98. The van der Waals surface area contributed by atoms with E-state index in [2.05, 4.69) is 10.1 Å². The molecule has 1 atom stereocenters. The predicted octanol–water partition coefficient (Wildman–Crippen LogP) is -0.829. The molecule has 1 unspecified atom stereocenters. The fourth-order valence-corrected chi connectivity index (χ4v) is 0.241. The number of hydrogen-bond acceptors (Lipinski definition) is 3. The highest BCUT2D eigenvalue weighted by Crippen LogP contribution is 1.72. The van der Waals surface area contributed by atoms with Crippen LogP contribution in [0.15, 0.2) is 0 Å². The molecule has 0 aliphatic rings. The van der Waals surface area contributed by atoms with E-state index in [1.165, 1.54) is 0 Å². The Morgan fingerprint density at radius 3 is 2.57 bits per heavy atom. The van der Waals surface area contributed by atoms with E-state index in [1.54, 1.807) is 14.2 Å². The third-order valence-corrected chi connectivity index (χ3v) is 0.658. The van der Waals surface area contributed by atoms with Gasteiger partial charge in [-0.25, -0.2) is 0 Å². The van der Waals surface area contributed by atoms with Crippen LogP contribution in [0.4, 0.5) is 0 Å². The number of methoxy groups -OCH3 is 1. The second-order valence-corrected chi connectivity index (χ2v) is 1.26. The van der Waals surface area contributed by atoms with E-state index in [1.807, 2.05) is 0 Å². The molecule has 0 saturated carbocycles. The zero-order chi connectivity index (χ0) is 5.70. The Hall–Kier alpha value is -0.120. The van der Waals surface area contributed by atoms with Crippen LogP contribution in [0.25, 0.3) is 0 Å². The Labute approximate surface area is 43.3 Å². The normalized spacial score (nSPS) is 14.1. The van der Waals surface area contributed by atoms with Crippen LogP contribution in [0.1, 0.15) is 0 Å². The van der Waals surface area contributed by atoms with Gasteiger partial charge in [0.05, 0.1) is 6.61 Å². The molecular formula is C4H11NO2. The van der Waals surface area contributed by atoms with Crippen LogP contribution in [-0.4, -0.2) is 32.1 Å². The van der Waals surface area contributed by atoms with Crippen molar-refractivity contribution in [2.75, 3.05) is 20.8 Å².